The Morgan fingerprint density at radius 3 is 0.905 bits per heavy atom. The number of rotatable bonds is 33. The lowest BCUT2D eigenvalue weighted by atomic mass is 9.83. The molecule has 4 unspecified atom stereocenters. The van der Waals surface area contributed by atoms with E-state index in [9.17, 15) is 9.59 Å². The van der Waals surface area contributed by atoms with Gasteiger partial charge in [-0.05, 0) is 36.5 Å². The Balaban J connectivity index is 4.09. The zero-order valence-electron chi connectivity index (χ0n) is 28.8. The van der Waals surface area contributed by atoms with Gasteiger partial charge < -0.3 is 0 Å². The quantitative estimate of drug-likeness (QED) is 0.0561. The number of carbonyl (C=O) groups is 2. The van der Waals surface area contributed by atoms with Gasteiger partial charge in [-0.3, -0.25) is 9.59 Å². The smallest absolute Gasteiger partial charge is 0.186 e. The van der Waals surface area contributed by atoms with Crippen LogP contribution in [0.5, 0.6) is 0 Å². The highest BCUT2D eigenvalue weighted by molar-refractivity contribution is 7.96. The molecule has 0 bridgehead atoms. The predicted molar refractivity (Wildman–Crippen MR) is 194 cm³/mol. The number of unbranched alkanes of at least 4 members (excludes halogenated alkanes) is 19. The van der Waals surface area contributed by atoms with Crippen LogP contribution < -0.4 is 0 Å². The van der Waals surface area contributed by atoms with Gasteiger partial charge in [-0.2, -0.15) is 0 Å². The first-order valence-electron chi connectivity index (χ1n) is 18.7. The van der Waals surface area contributed by atoms with Gasteiger partial charge in [0.05, 0.1) is 0 Å². The van der Waals surface area contributed by atoms with Crippen LogP contribution in [0.2, 0.25) is 0 Å². The molecular formula is C38H74O2S2. The molecule has 42 heavy (non-hydrogen) atoms. The molecule has 0 aromatic rings. The molecule has 0 aromatic heterocycles. The summed E-state index contributed by atoms with van der Waals surface area (Å²) in [7, 11) is 0. The van der Waals surface area contributed by atoms with E-state index in [1.807, 2.05) is 0 Å². The zero-order valence-corrected chi connectivity index (χ0v) is 30.6. The maximum Gasteiger partial charge on any atom is 0.186 e. The van der Waals surface area contributed by atoms with Crippen LogP contribution in [-0.4, -0.2) is 10.2 Å². The van der Waals surface area contributed by atoms with Crippen LogP contribution >= 0.6 is 25.3 Å². The van der Waals surface area contributed by atoms with Crippen LogP contribution in [-0.2, 0) is 9.59 Å². The molecule has 2 nitrogen and oxygen atoms in total. The maximum atomic E-state index is 11.8. The summed E-state index contributed by atoms with van der Waals surface area (Å²) in [5.41, 5.74) is 0. The standard InChI is InChI=1S/C38H74O2S2/c1-5-7-9-11-13-15-19-23-27-33(3)35(31-37(39)41)29-25-21-17-18-22-26-30-36(32-38(40)42)34(4)28-24-20-16-14-12-10-8-6-2/h33-36H,5-32H2,1-4H3,(H,39,41)(H,40,42). The van der Waals surface area contributed by atoms with E-state index in [1.54, 1.807) is 0 Å². The second-order valence-electron chi connectivity index (χ2n) is 13.9. The first kappa shape index (κ1) is 42.0. The zero-order chi connectivity index (χ0) is 31.3. The number of thiol groups is 2. The minimum Gasteiger partial charge on any atom is -0.287 e. The fourth-order valence-corrected chi connectivity index (χ4v) is 7.29. The van der Waals surface area contributed by atoms with E-state index in [0.29, 0.717) is 36.5 Å². The highest BCUT2D eigenvalue weighted by Gasteiger charge is 2.20. The van der Waals surface area contributed by atoms with Crippen molar-refractivity contribution in [2.45, 2.75) is 207 Å². The third-order valence-corrected chi connectivity index (χ3v) is 10.3. The third-order valence-electron chi connectivity index (χ3n) is 9.91. The summed E-state index contributed by atoms with van der Waals surface area (Å²) in [5, 5.41) is 0.127. The van der Waals surface area contributed by atoms with Crippen molar-refractivity contribution in [3.05, 3.63) is 0 Å². The highest BCUT2D eigenvalue weighted by Crippen LogP contribution is 2.30. The third kappa shape index (κ3) is 27.6. The van der Waals surface area contributed by atoms with Crippen molar-refractivity contribution in [3.63, 3.8) is 0 Å². The van der Waals surface area contributed by atoms with E-state index in [-0.39, 0.29) is 10.2 Å². The fourth-order valence-electron chi connectivity index (χ4n) is 6.82. The van der Waals surface area contributed by atoms with Gasteiger partial charge >= 0.3 is 0 Å². The van der Waals surface area contributed by atoms with Crippen LogP contribution in [0.15, 0.2) is 0 Å². The van der Waals surface area contributed by atoms with E-state index in [1.165, 1.54) is 167 Å². The van der Waals surface area contributed by atoms with E-state index in [2.05, 4.69) is 53.0 Å². The Labute approximate surface area is 275 Å². The molecule has 0 aromatic carbocycles. The topological polar surface area (TPSA) is 34.1 Å². The molecule has 250 valence electrons. The lowest BCUT2D eigenvalue weighted by Crippen LogP contribution is -2.15. The Morgan fingerprint density at radius 2 is 0.643 bits per heavy atom. The molecule has 0 heterocycles. The van der Waals surface area contributed by atoms with E-state index >= 15 is 0 Å². The molecule has 0 saturated carbocycles. The van der Waals surface area contributed by atoms with Crippen molar-refractivity contribution in [1.29, 1.82) is 0 Å². The molecule has 0 fully saturated rings. The largest absolute Gasteiger partial charge is 0.287 e. The second-order valence-corrected chi connectivity index (χ2v) is 14.9. The summed E-state index contributed by atoms with van der Waals surface area (Å²) in [4.78, 5) is 23.6. The van der Waals surface area contributed by atoms with Crippen molar-refractivity contribution in [3.8, 4) is 0 Å². The average Bonchev–Trinajstić information content (AvgIpc) is 2.95. The summed E-state index contributed by atoms with van der Waals surface area (Å²) in [6.45, 7) is 9.29. The SMILES string of the molecule is CCCCCCCCCCC(C)C(CCCCCCCCC(CC(=O)S)C(C)CCCCCCCCCC)CC(=O)S. The minimum absolute atomic E-state index is 0.0636. The van der Waals surface area contributed by atoms with Crippen molar-refractivity contribution < 1.29 is 9.59 Å². The van der Waals surface area contributed by atoms with E-state index < -0.39 is 0 Å². The number of hydrogen-bond donors (Lipinski definition) is 2. The van der Waals surface area contributed by atoms with E-state index in [0.717, 1.165) is 0 Å². The monoisotopic (exact) mass is 627 g/mol. The molecule has 0 aliphatic rings. The maximum absolute atomic E-state index is 11.8. The van der Waals surface area contributed by atoms with Gasteiger partial charge in [0.15, 0.2) is 10.2 Å². The Morgan fingerprint density at radius 1 is 0.405 bits per heavy atom. The molecule has 0 saturated heterocycles. The molecule has 0 rings (SSSR count). The summed E-state index contributed by atoms with van der Waals surface area (Å²) in [6.07, 6.45) is 35.6. The van der Waals surface area contributed by atoms with Crippen LogP contribution in [0.3, 0.4) is 0 Å². The van der Waals surface area contributed by atoms with Gasteiger partial charge in [-0.1, -0.05) is 182 Å². The first-order chi connectivity index (χ1) is 20.3. The molecule has 4 heteroatoms. The van der Waals surface area contributed by atoms with Crippen LogP contribution in [0.4, 0.5) is 0 Å². The molecular weight excluding hydrogens is 553 g/mol. The average molecular weight is 627 g/mol. The minimum atomic E-state index is 0.0636. The lowest BCUT2D eigenvalue weighted by molar-refractivity contribution is -0.112. The Bertz CT molecular complexity index is 556. The van der Waals surface area contributed by atoms with Gasteiger partial charge in [-0.25, -0.2) is 0 Å². The van der Waals surface area contributed by atoms with Gasteiger partial charge in [0.25, 0.3) is 0 Å². The second kappa shape index (κ2) is 31.0. The number of carbonyl (C=O) groups excluding carboxylic acids is 2. The Hall–Kier alpha value is 0.0400. The lowest BCUT2D eigenvalue weighted by Gasteiger charge is -2.23. The van der Waals surface area contributed by atoms with Crippen molar-refractivity contribution in [1.82, 2.24) is 0 Å². The van der Waals surface area contributed by atoms with Gasteiger partial charge in [0.2, 0.25) is 0 Å². The fraction of sp³-hybridized carbons (Fsp3) is 0.947. The van der Waals surface area contributed by atoms with Crippen LogP contribution in [0, 0.1) is 23.7 Å². The van der Waals surface area contributed by atoms with Crippen molar-refractivity contribution in [2.24, 2.45) is 23.7 Å². The van der Waals surface area contributed by atoms with Gasteiger partial charge in [0.1, 0.15) is 0 Å². The molecule has 0 radical (unpaired) electrons. The van der Waals surface area contributed by atoms with Crippen LogP contribution in [0.1, 0.15) is 207 Å². The van der Waals surface area contributed by atoms with Crippen molar-refractivity contribution >= 4 is 35.5 Å². The molecule has 0 amide bonds. The molecule has 0 aliphatic carbocycles. The molecule has 0 spiro atoms. The molecule has 4 atom stereocenters. The molecule has 0 N–H and O–H groups in total. The summed E-state index contributed by atoms with van der Waals surface area (Å²) < 4.78 is 0. The Kier molecular flexibility index (Phi) is 31.1. The predicted octanol–water partition coefficient (Wildman–Crippen LogP) is 13.4. The summed E-state index contributed by atoms with van der Waals surface area (Å²) >= 11 is 8.25. The summed E-state index contributed by atoms with van der Waals surface area (Å²) in [6, 6.07) is 0. The molecule has 0 aliphatic heterocycles. The first-order valence-corrected chi connectivity index (χ1v) is 19.6. The number of hydrogen-bond acceptors (Lipinski definition) is 2. The highest BCUT2D eigenvalue weighted by atomic mass is 32.1. The van der Waals surface area contributed by atoms with Crippen LogP contribution in [0.25, 0.3) is 0 Å². The summed E-state index contributed by atoms with van der Waals surface area (Å²) in [5.74, 6) is 2.25. The van der Waals surface area contributed by atoms with E-state index in [4.69, 9.17) is 0 Å². The van der Waals surface area contributed by atoms with Gasteiger partial charge in [-0.15, -0.1) is 25.3 Å². The normalized spacial score (nSPS) is 14.5. The van der Waals surface area contributed by atoms with Crippen molar-refractivity contribution in [2.75, 3.05) is 0 Å². The van der Waals surface area contributed by atoms with Gasteiger partial charge in [0, 0.05) is 12.8 Å².